The highest BCUT2D eigenvalue weighted by Gasteiger charge is 2.56. The lowest BCUT2D eigenvalue weighted by atomic mass is 9.81. The van der Waals surface area contributed by atoms with E-state index < -0.39 is 11.6 Å². The van der Waals surface area contributed by atoms with E-state index in [-0.39, 0.29) is 12.0 Å². The smallest absolute Gasteiger partial charge is 0.342 e. The summed E-state index contributed by atoms with van der Waals surface area (Å²) in [5.74, 6) is -0.557. The molecular weight excluding hydrogens is 132 g/mol. The monoisotopic (exact) mass is 144 g/mol. The Morgan fingerprint density at radius 2 is 2.20 bits per heavy atom. The van der Waals surface area contributed by atoms with Crippen molar-refractivity contribution in [3.63, 3.8) is 0 Å². The van der Waals surface area contributed by atoms with E-state index in [9.17, 15) is 9.90 Å². The Hall–Kier alpha value is -0.570. The van der Waals surface area contributed by atoms with E-state index in [2.05, 4.69) is 4.74 Å². The normalized spacial score (nSPS) is 39.3. The van der Waals surface area contributed by atoms with Crippen molar-refractivity contribution in [3.05, 3.63) is 0 Å². The third kappa shape index (κ3) is 0.669. The lowest BCUT2D eigenvalue weighted by Gasteiger charge is -2.43. The number of hydrogen-bond donors (Lipinski definition) is 1. The molecule has 0 bridgehead atoms. The Morgan fingerprint density at radius 3 is 2.30 bits per heavy atom. The minimum Gasteiger partial charge on any atom is -0.457 e. The molecule has 1 aliphatic heterocycles. The van der Waals surface area contributed by atoms with Gasteiger partial charge in [-0.15, -0.1) is 0 Å². The van der Waals surface area contributed by atoms with Crippen molar-refractivity contribution in [2.45, 2.75) is 32.5 Å². The van der Waals surface area contributed by atoms with Gasteiger partial charge < -0.3 is 9.84 Å². The van der Waals surface area contributed by atoms with Crippen molar-refractivity contribution in [3.8, 4) is 0 Å². The molecule has 1 aliphatic rings. The molecule has 1 N–H and O–H groups in total. The second kappa shape index (κ2) is 1.95. The summed E-state index contributed by atoms with van der Waals surface area (Å²) >= 11 is 0. The SMILES string of the molecule is CC(C)[C@]1(O)C(=O)O[C@@H]1C. The molecule has 0 aromatic rings. The third-order valence-corrected chi connectivity index (χ3v) is 2.11. The first-order valence-electron chi connectivity index (χ1n) is 3.43. The van der Waals surface area contributed by atoms with Gasteiger partial charge in [0.05, 0.1) is 0 Å². The van der Waals surface area contributed by atoms with E-state index in [0.717, 1.165) is 0 Å². The Kier molecular flexibility index (Phi) is 1.47. The Balaban J connectivity index is 2.75. The van der Waals surface area contributed by atoms with Crippen LogP contribution in [0.1, 0.15) is 20.8 Å². The Bertz CT molecular complexity index is 157. The van der Waals surface area contributed by atoms with Crippen LogP contribution in [0.3, 0.4) is 0 Å². The van der Waals surface area contributed by atoms with Gasteiger partial charge in [-0.25, -0.2) is 4.79 Å². The fraction of sp³-hybridized carbons (Fsp3) is 0.857. The fourth-order valence-electron chi connectivity index (χ4n) is 1.16. The minimum atomic E-state index is -1.22. The maximum atomic E-state index is 10.7. The van der Waals surface area contributed by atoms with Crippen molar-refractivity contribution in [2.24, 2.45) is 5.92 Å². The van der Waals surface area contributed by atoms with Crippen LogP contribution in [0.4, 0.5) is 0 Å². The van der Waals surface area contributed by atoms with Crippen LogP contribution in [-0.2, 0) is 9.53 Å². The molecule has 3 nitrogen and oxygen atoms in total. The highest BCUT2D eigenvalue weighted by molar-refractivity contribution is 5.85. The van der Waals surface area contributed by atoms with Gasteiger partial charge in [0.25, 0.3) is 0 Å². The summed E-state index contributed by atoms with van der Waals surface area (Å²) in [4.78, 5) is 10.7. The number of esters is 1. The topological polar surface area (TPSA) is 46.5 Å². The quantitative estimate of drug-likeness (QED) is 0.539. The van der Waals surface area contributed by atoms with Gasteiger partial charge in [-0.05, 0) is 12.8 Å². The van der Waals surface area contributed by atoms with Crippen molar-refractivity contribution in [2.75, 3.05) is 0 Å². The zero-order chi connectivity index (χ0) is 7.94. The number of rotatable bonds is 1. The summed E-state index contributed by atoms with van der Waals surface area (Å²) in [6, 6.07) is 0. The van der Waals surface area contributed by atoms with Crippen molar-refractivity contribution in [1.29, 1.82) is 0 Å². The molecule has 0 unspecified atom stereocenters. The molecule has 58 valence electrons. The molecule has 0 saturated carbocycles. The standard InChI is InChI=1S/C7H12O3/c1-4(2)7(9)5(3)10-6(7)8/h4-5,9H,1-3H3/t5-,7-/m1/s1. The molecular formula is C7H12O3. The predicted octanol–water partition coefficient (Wildman–Crippen LogP) is 0.319. The molecule has 1 saturated heterocycles. The number of carbonyl (C=O) groups is 1. The second-order valence-electron chi connectivity index (χ2n) is 3.03. The van der Waals surface area contributed by atoms with Crippen LogP contribution in [0.5, 0.6) is 0 Å². The molecule has 3 heteroatoms. The van der Waals surface area contributed by atoms with Crippen LogP contribution in [0.2, 0.25) is 0 Å². The first-order valence-corrected chi connectivity index (χ1v) is 3.43. The lowest BCUT2D eigenvalue weighted by Crippen LogP contribution is -2.64. The second-order valence-corrected chi connectivity index (χ2v) is 3.03. The van der Waals surface area contributed by atoms with Gasteiger partial charge in [0.1, 0.15) is 6.10 Å². The average Bonchev–Trinajstić information content (AvgIpc) is 1.86. The molecule has 0 amide bonds. The molecule has 0 aromatic heterocycles. The summed E-state index contributed by atoms with van der Waals surface area (Å²) in [6.45, 7) is 5.30. The van der Waals surface area contributed by atoms with Gasteiger partial charge in [0.15, 0.2) is 0 Å². The molecule has 0 aromatic carbocycles. The van der Waals surface area contributed by atoms with Crippen molar-refractivity contribution >= 4 is 5.97 Å². The van der Waals surface area contributed by atoms with Gasteiger partial charge in [0.2, 0.25) is 5.60 Å². The van der Waals surface area contributed by atoms with Crippen molar-refractivity contribution in [1.82, 2.24) is 0 Å². The highest BCUT2D eigenvalue weighted by Crippen LogP contribution is 2.33. The summed E-state index contributed by atoms with van der Waals surface area (Å²) in [6.07, 6.45) is -0.347. The zero-order valence-electron chi connectivity index (χ0n) is 6.42. The van der Waals surface area contributed by atoms with Crippen LogP contribution in [0, 0.1) is 5.92 Å². The van der Waals surface area contributed by atoms with Gasteiger partial charge in [-0.3, -0.25) is 0 Å². The molecule has 2 atom stereocenters. The van der Waals surface area contributed by atoms with E-state index in [4.69, 9.17) is 0 Å². The predicted molar refractivity (Wildman–Crippen MR) is 35.3 cm³/mol. The first kappa shape index (κ1) is 7.54. The lowest BCUT2D eigenvalue weighted by molar-refractivity contribution is -0.235. The third-order valence-electron chi connectivity index (χ3n) is 2.11. The fourth-order valence-corrected chi connectivity index (χ4v) is 1.16. The van der Waals surface area contributed by atoms with Gasteiger partial charge in [0, 0.05) is 0 Å². The number of aliphatic hydroxyl groups is 1. The molecule has 1 heterocycles. The van der Waals surface area contributed by atoms with E-state index in [1.807, 2.05) is 0 Å². The number of ether oxygens (including phenoxy) is 1. The van der Waals surface area contributed by atoms with Gasteiger partial charge in [-0.1, -0.05) is 13.8 Å². The Morgan fingerprint density at radius 1 is 1.70 bits per heavy atom. The highest BCUT2D eigenvalue weighted by atomic mass is 16.6. The number of hydrogen-bond acceptors (Lipinski definition) is 3. The summed E-state index contributed by atoms with van der Waals surface area (Å²) < 4.78 is 4.63. The summed E-state index contributed by atoms with van der Waals surface area (Å²) in [5, 5.41) is 9.55. The van der Waals surface area contributed by atoms with Crippen LogP contribution in [0.15, 0.2) is 0 Å². The van der Waals surface area contributed by atoms with Crippen LogP contribution in [0.25, 0.3) is 0 Å². The average molecular weight is 144 g/mol. The molecule has 1 fully saturated rings. The van der Waals surface area contributed by atoms with E-state index >= 15 is 0 Å². The maximum absolute atomic E-state index is 10.7. The van der Waals surface area contributed by atoms with Gasteiger partial charge in [-0.2, -0.15) is 0 Å². The summed E-state index contributed by atoms with van der Waals surface area (Å²) in [5.41, 5.74) is -1.22. The van der Waals surface area contributed by atoms with Crippen LogP contribution >= 0.6 is 0 Å². The Labute approximate surface area is 60.0 Å². The van der Waals surface area contributed by atoms with Crippen LogP contribution < -0.4 is 0 Å². The van der Waals surface area contributed by atoms with E-state index in [1.165, 1.54) is 0 Å². The number of carbonyl (C=O) groups excluding carboxylic acids is 1. The van der Waals surface area contributed by atoms with Crippen molar-refractivity contribution < 1.29 is 14.6 Å². The minimum absolute atomic E-state index is 0.0660. The molecule has 10 heavy (non-hydrogen) atoms. The number of cyclic esters (lactones) is 1. The largest absolute Gasteiger partial charge is 0.457 e. The van der Waals surface area contributed by atoms with E-state index in [1.54, 1.807) is 20.8 Å². The zero-order valence-corrected chi connectivity index (χ0v) is 6.42. The molecule has 0 aliphatic carbocycles. The molecule has 1 rings (SSSR count). The summed E-state index contributed by atoms with van der Waals surface area (Å²) in [7, 11) is 0. The molecule has 0 spiro atoms. The maximum Gasteiger partial charge on any atom is 0.342 e. The molecule has 0 radical (unpaired) electrons. The van der Waals surface area contributed by atoms with Crippen LogP contribution in [-0.4, -0.2) is 22.8 Å². The van der Waals surface area contributed by atoms with E-state index in [0.29, 0.717) is 0 Å². The first-order chi connectivity index (χ1) is 4.49. The van der Waals surface area contributed by atoms with Gasteiger partial charge >= 0.3 is 5.97 Å².